The number of benzene rings is 1. The number of fused-ring (bicyclic) bond motifs is 1. The largest absolute Gasteiger partial charge is 0.497 e. The van der Waals surface area contributed by atoms with E-state index in [4.69, 9.17) is 4.74 Å². The topological polar surface area (TPSA) is 71.8 Å². The van der Waals surface area contributed by atoms with E-state index in [9.17, 15) is 18.0 Å². The van der Waals surface area contributed by atoms with Crippen molar-refractivity contribution in [3.8, 4) is 5.75 Å². The molecule has 7 nitrogen and oxygen atoms in total. The van der Waals surface area contributed by atoms with Crippen molar-refractivity contribution in [1.82, 2.24) is 19.9 Å². The van der Waals surface area contributed by atoms with Crippen LogP contribution in [0, 0.1) is 5.92 Å². The van der Waals surface area contributed by atoms with Crippen LogP contribution in [-0.2, 0) is 17.5 Å². The number of alkyl halides is 3. The Morgan fingerprint density at radius 3 is 2.87 bits per heavy atom. The van der Waals surface area contributed by atoms with Crippen molar-refractivity contribution in [2.45, 2.75) is 25.6 Å². The maximum Gasteiger partial charge on any atom is 0.417 e. The van der Waals surface area contributed by atoms with Crippen LogP contribution in [0.25, 0.3) is 5.65 Å². The fraction of sp³-hybridized carbons (Fsp3) is 0.381. The number of ether oxygens (including phenoxy) is 1. The number of hydrogen-bond acceptors (Lipinski definition) is 5. The molecule has 1 atom stereocenters. The van der Waals surface area contributed by atoms with Crippen molar-refractivity contribution in [1.29, 1.82) is 0 Å². The van der Waals surface area contributed by atoms with Crippen molar-refractivity contribution in [3.63, 3.8) is 0 Å². The lowest BCUT2D eigenvalue weighted by atomic mass is 9.97. The van der Waals surface area contributed by atoms with Gasteiger partial charge in [0.15, 0.2) is 5.65 Å². The molecule has 3 aromatic rings. The smallest absolute Gasteiger partial charge is 0.417 e. The molecule has 0 spiro atoms. The van der Waals surface area contributed by atoms with Crippen LogP contribution < -0.4 is 15.0 Å². The normalized spacial score (nSPS) is 17.0. The van der Waals surface area contributed by atoms with E-state index in [2.05, 4.69) is 15.5 Å². The van der Waals surface area contributed by atoms with Gasteiger partial charge in [0.1, 0.15) is 5.75 Å². The van der Waals surface area contributed by atoms with E-state index < -0.39 is 11.7 Å². The summed E-state index contributed by atoms with van der Waals surface area (Å²) in [4.78, 5) is 14.5. The molecule has 164 valence electrons. The number of aromatic nitrogens is 3. The third kappa shape index (κ3) is 4.57. The van der Waals surface area contributed by atoms with Gasteiger partial charge in [-0.2, -0.15) is 13.2 Å². The molecule has 1 aliphatic rings. The standard InChI is InChI=1S/C21H22F3N5O2/c1-31-17-6-2-4-14(10-17)11-25-19(30)15-5-3-9-28(12-15)20-27-26-18-8-7-16(13-29(18)20)21(22,23)24/h2,4,6-8,10,13,15H,3,5,9,11-12H2,1H3,(H,25,30). The lowest BCUT2D eigenvalue weighted by Crippen LogP contribution is -2.43. The van der Waals surface area contributed by atoms with Crippen LogP contribution in [0.3, 0.4) is 0 Å². The maximum absolute atomic E-state index is 13.1. The quantitative estimate of drug-likeness (QED) is 0.669. The molecule has 0 aliphatic carbocycles. The summed E-state index contributed by atoms with van der Waals surface area (Å²) in [5.74, 6) is 0.633. The zero-order chi connectivity index (χ0) is 22.0. The van der Waals surface area contributed by atoms with Gasteiger partial charge >= 0.3 is 6.18 Å². The van der Waals surface area contributed by atoms with E-state index in [0.29, 0.717) is 43.4 Å². The van der Waals surface area contributed by atoms with Crippen molar-refractivity contribution >= 4 is 17.5 Å². The number of piperidine rings is 1. The molecule has 10 heteroatoms. The summed E-state index contributed by atoms with van der Waals surface area (Å²) >= 11 is 0. The van der Waals surface area contributed by atoms with Gasteiger partial charge < -0.3 is 15.0 Å². The summed E-state index contributed by atoms with van der Waals surface area (Å²) in [5.41, 5.74) is 0.474. The van der Waals surface area contributed by atoms with Gasteiger partial charge in [0.2, 0.25) is 11.9 Å². The van der Waals surface area contributed by atoms with Crippen molar-refractivity contribution < 1.29 is 22.7 Å². The zero-order valence-corrected chi connectivity index (χ0v) is 16.9. The van der Waals surface area contributed by atoms with Crippen LogP contribution in [0.2, 0.25) is 0 Å². The average molecular weight is 433 g/mol. The molecule has 1 amide bonds. The van der Waals surface area contributed by atoms with Gasteiger partial charge in [-0.25, -0.2) is 0 Å². The Bertz CT molecular complexity index is 1080. The number of carbonyl (C=O) groups is 1. The van der Waals surface area contributed by atoms with Crippen LogP contribution in [0.1, 0.15) is 24.0 Å². The molecular formula is C21H22F3N5O2. The molecule has 0 radical (unpaired) electrons. The lowest BCUT2D eigenvalue weighted by Gasteiger charge is -2.32. The first kappa shape index (κ1) is 21.0. The number of anilines is 1. The van der Waals surface area contributed by atoms with Gasteiger partial charge in [-0.05, 0) is 42.7 Å². The second-order valence-electron chi connectivity index (χ2n) is 7.50. The molecule has 1 unspecified atom stereocenters. The van der Waals surface area contributed by atoms with Crippen LogP contribution in [-0.4, -0.2) is 40.7 Å². The van der Waals surface area contributed by atoms with Crippen LogP contribution in [0.15, 0.2) is 42.6 Å². The van der Waals surface area contributed by atoms with E-state index in [1.165, 1.54) is 10.5 Å². The molecule has 0 saturated carbocycles. The Kier molecular flexibility index (Phi) is 5.71. The van der Waals surface area contributed by atoms with Crippen molar-refractivity contribution in [2.75, 3.05) is 25.1 Å². The number of halogens is 3. The fourth-order valence-electron chi connectivity index (χ4n) is 3.75. The predicted octanol–water partition coefficient (Wildman–Crippen LogP) is 3.29. The summed E-state index contributed by atoms with van der Waals surface area (Å²) in [5, 5.41) is 11.0. The van der Waals surface area contributed by atoms with Crippen molar-refractivity contribution in [2.24, 2.45) is 5.92 Å². The third-order valence-electron chi connectivity index (χ3n) is 5.39. The first-order chi connectivity index (χ1) is 14.8. The third-order valence-corrected chi connectivity index (χ3v) is 5.39. The van der Waals surface area contributed by atoms with Crippen molar-refractivity contribution in [3.05, 3.63) is 53.7 Å². The molecule has 0 bridgehead atoms. The Morgan fingerprint density at radius 2 is 2.10 bits per heavy atom. The van der Waals surface area contributed by atoms with Gasteiger partial charge in [-0.3, -0.25) is 9.20 Å². The fourth-order valence-corrected chi connectivity index (χ4v) is 3.75. The number of rotatable bonds is 5. The first-order valence-corrected chi connectivity index (χ1v) is 9.93. The highest BCUT2D eigenvalue weighted by Gasteiger charge is 2.32. The number of methoxy groups -OCH3 is 1. The highest BCUT2D eigenvalue weighted by molar-refractivity contribution is 5.79. The molecule has 1 aliphatic heterocycles. The Hall–Kier alpha value is -3.30. The van der Waals surface area contributed by atoms with Crippen LogP contribution in [0.5, 0.6) is 5.75 Å². The average Bonchev–Trinajstić information content (AvgIpc) is 3.20. The van der Waals surface area contributed by atoms with E-state index >= 15 is 0 Å². The Labute approximate surface area is 176 Å². The van der Waals surface area contributed by atoms with E-state index in [1.807, 2.05) is 29.2 Å². The molecule has 31 heavy (non-hydrogen) atoms. The van der Waals surface area contributed by atoms with Crippen LogP contribution in [0.4, 0.5) is 19.1 Å². The Balaban J connectivity index is 1.46. The molecule has 1 saturated heterocycles. The predicted molar refractivity (Wildman–Crippen MR) is 108 cm³/mol. The highest BCUT2D eigenvalue weighted by Crippen LogP contribution is 2.30. The Morgan fingerprint density at radius 1 is 1.26 bits per heavy atom. The van der Waals surface area contributed by atoms with Crippen LogP contribution >= 0.6 is 0 Å². The van der Waals surface area contributed by atoms with E-state index in [0.717, 1.165) is 24.2 Å². The number of hydrogen-bond donors (Lipinski definition) is 1. The van der Waals surface area contributed by atoms with Gasteiger partial charge in [0.25, 0.3) is 0 Å². The molecule has 1 aromatic carbocycles. The summed E-state index contributed by atoms with van der Waals surface area (Å²) < 4.78 is 45.8. The van der Waals surface area contributed by atoms with Gasteiger partial charge in [-0.1, -0.05) is 12.1 Å². The summed E-state index contributed by atoms with van der Waals surface area (Å²) in [7, 11) is 1.58. The summed E-state index contributed by atoms with van der Waals surface area (Å²) in [6.07, 6.45) is -2.03. The van der Waals surface area contributed by atoms with E-state index in [-0.39, 0.29) is 11.8 Å². The molecule has 3 heterocycles. The number of nitrogens with one attached hydrogen (secondary N) is 1. The number of nitrogens with zero attached hydrogens (tertiary/aromatic N) is 4. The SMILES string of the molecule is COc1cccc(CNC(=O)C2CCCN(c3nnc4ccc(C(F)(F)F)cn34)C2)c1. The first-order valence-electron chi connectivity index (χ1n) is 9.93. The maximum atomic E-state index is 13.1. The van der Waals surface area contributed by atoms with Gasteiger partial charge in [0, 0.05) is 25.8 Å². The minimum absolute atomic E-state index is 0.0997. The monoisotopic (exact) mass is 433 g/mol. The van der Waals surface area contributed by atoms with E-state index in [1.54, 1.807) is 7.11 Å². The molecular weight excluding hydrogens is 411 g/mol. The molecule has 2 aromatic heterocycles. The zero-order valence-electron chi connectivity index (χ0n) is 16.9. The number of amides is 1. The molecule has 1 fully saturated rings. The molecule has 1 N–H and O–H groups in total. The summed E-state index contributed by atoms with van der Waals surface area (Å²) in [6, 6.07) is 9.72. The highest BCUT2D eigenvalue weighted by atomic mass is 19.4. The number of pyridine rings is 1. The second-order valence-corrected chi connectivity index (χ2v) is 7.50. The minimum Gasteiger partial charge on any atom is -0.497 e. The summed E-state index contributed by atoms with van der Waals surface area (Å²) in [6.45, 7) is 1.33. The van der Waals surface area contributed by atoms with Gasteiger partial charge in [0.05, 0.1) is 18.6 Å². The number of carbonyl (C=O) groups excluding carboxylic acids is 1. The van der Waals surface area contributed by atoms with Gasteiger partial charge in [-0.15, -0.1) is 10.2 Å². The second kappa shape index (κ2) is 8.44. The lowest BCUT2D eigenvalue weighted by molar-refractivity contribution is -0.137. The minimum atomic E-state index is -4.46. The molecule has 4 rings (SSSR count).